The number of urea groups is 1. The van der Waals surface area contributed by atoms with E-state index in [1.54, 1.807) is 7.05 Å². The van der Waals surface area contributed by atoms with E-state index in [0.717, 1.165) is 55.3 Å². The molecule has 0 heterocycles. The van der Waals surface area contributed by atoms with Gasteiger partial charge in [-0.1, -0.05) is 6.07 Å². The van der Waals surface area contributed by atoms with Crippen LogP contribution in [0.5, 0.6) is 0 Å². The Hall–Kier alpha value is -0.454. The first kappa shape index (κ1) is 22.8. The molecule has 3 rings (SSSR count). The van der Waals surface area contributed by atoms with Crippen molar-refractivity contribution in [2.24, 2.45) is 0 Å². The summed E-state index contributed by atoms with van der Waals surface area (Å²) in [6, 6.07) is 1.55. The van der Waals surface area contributed by atoms with Gasteiger partial charge < -0.3 is 10.2 Å². The van der Waals surface area contributed by atoms with Crippen LogP contribution in [-0.2, 0) is 40.5 Å². The van der Waals surface area contributed by atoms with Gasteiger partial charge in [-0.2, -0.15) is 0 Å². The zero-order valence-electron chi connectivity index (χ0n) is 16.0. The molecule has 0 aromatic heterocycles. The number of rotatable bonds is 7. The predicted molar refractivity (Wildman–Crippen MR) is 105 cm³/mol. The van der Waals surface area contributed by atoms with E-state index in [0.29, 0.717) is 13.0 Å². The third-order valence-electron chi connectivity index (χ3n) is 5.06. The third kappa shape index (κ3) is 5.77. The Labute approximate surface area is 203 Å². The fraction of sp³-hybridized carbons (Fsp3) is 0.556. The SMILES string of the molecule is CN(C=O)CCCS(=O)(=O)NC(=O)Nc1c2c(cc3c1CCC3)CCC2.[K]. The van der Waals surface area contributed by atoms with Crippen LogP contribution in [0.15, 0.2) is 6.07 Å². The quantitative estimate of drug-likeness (QED) is 0.514. The Morgan fingerprint density at radius 3 is 2.30 bits per heavy atom. The molecule has 1 radical (unpaired) electrons. The molecule has 0 aliphatic heterocycles. The number of fused-ring (bicyclic) bond motifs is 2. The Balaban J connectivity index is 0.00000261. The van der Waals surface area contributed by atoms with Crippen molar-refractivity contribution in [3.63, 3.8) is 0 Å². The first-order valence-electron chi connectivity index (χ1n) is 9.03. The summed E-state index contributed by atoms with van der Waals surface area (Å²) in [5.74, 6) is -0.205. The van der Waals surface area contributed by atoms with Crippen molar-refractivity contribution in [2.75, 3.05) is 24.7 Å². The molecule has 27 heavy (non-hydrogen) atoms. The van der Waals surface area contributed by atoms with Gasteiger partial charge in [0.2, 0.25) is 16.4 Å². The summed E-state index contributed by atoms with van der Waals surface area (Å²) < 4.78 is 26.3. The summed E-state index contributed by atoms with van der Waals surface area (Å²) in [5.41, 5.74) is 5.69. The number of hydrogen-bond donors (Lipinski definition) is 2. The van der Waals surface area contributed by atoms with Crippen molar-refractivity contribution in [2.45, 2.75) is 44.9 Å². The summed E-state index contributed by atoms with van der Waals surface area (Å²) in [6.07, 6.45) is 6.92. The molecule has 143 valence electrons. The van der Waals surface area contributed by atoms with Gasteiger partial charge in [0, 0.05) is 70.7 Å². The zero-order valence-corrected chi connectivity index (χ0v) is 19.9. The monoisotopic (exact) mass is 418 g/mol. The van der Waals surface area contributed by atoms with Crippen LogP contribution in [0, 0.1) is 0 Å². The van der Waals surface area contributed by atoms with Crippen molar-refractivity contribution in [1.29, 1.82) is 0 Å². The molecule has 0 bridgehead atoms. The second-order valence-corrected chi connectivity index (χ2v) is 8.89. The van der Waals surface area contributed by atoms with E-state index in [4.69, 9.17) is 0 Å². The molecule has 0 fully saturated rings. The maximum atomic E-state index is 12.3. The average Bonchev–Trinajstić information content (AvgIpc) is 3.22. The second kappa shape index (κ2) is 9.84. The number of amides is 3. The summed E-state index contributed by atoms with van der Waals surface area (Å²) in [4.78, 5) is 24.2. The van der Waals surface area contributed by atoms with Crippen LogP contribution in [0.25, 0.3) is 0 Å². The summed E-state index contributed by atoms with van der Waals surface area (Å²) in [7, 11) is -2.16. The van der Waals surface area contributed by atoms with Crippen LogP contribution in [0.3, 0.4) is 0 Å². The fourth-order valence-corrected chi connectivity index (χ4v) is 4.80. The fourth-order valence-electron chi connectivity index (χ4n) is 3.86. The number of benzene rings is 1. The van der Waals surface area contributed by atoms with Crippen molar-refractivity contribution in [1.82, 2.24) is 9.62 Å². The molecule has 2 aliphatic carbocycles. The Bertz CT molecular complexity index is 794. The molecule has 0 saturated heterocycles. The largest absolute Gasteiger partial charge is 0.348 e. The van der Waals surface area contributed by atoms with Crippen LogP contribution in [0.1, 0.15) is 41.5 Å². The maximum Gasteiger partial charge on any atom is 0.332 e. The smallest absolute Gasteiger partial charge is 0.332 e. The molecule has 1 aromatic rings. The first-order valence-corrected chi connectivity index (χ1v) is 10.7. The number of nitrogens with one attached hydrogen (secondary N) is 2. The van der Waals surface area contributed by atoms with E-state index in [9.17, 15) is 18.0 Å². The van der Waals surface area contributed by atoms with E-state index >= 15 is 0 Å². The number of nitrogens with zero attached hydrogens (tertiary/aromatic N) is 1. The van der Waals surface area contributed by atoms with Crippen LogP contribution in [-0.4, -0.2) is 96.5 Å². The molecule has 7 nitrogen and oxygen atoms in total. The molecular formula is C18H25KN3O4S. The molecule has 3 amide bonds. The van der Waals surface area contributed by atoms with E-state index in [2.05, 4.69) is 16.1 Å². The standard InChI is InChI=1S/C18H25N3O4S.K/c1-21(12-22)9-4-10-26(24,25)20-18(23)19-17-15-7-2-5-13(15)11-14-6-3-8-16(14)17;/h11-12H,2-10H2,1H3,(H2,19,20,23);. The predicted octanol–water partition coefficient (Wildman–Crippen LogP) is 1.21. The van der Waals surface area contributed by atoms with E-state index in [1.165, 1.54) is 16.0 Å². The number of sulfonamides is 1. The number of carbonyl (C=O) groups excluding carboxylic acids is 2. The van der Waals surface area contributed by atoms with E-state index < -0.39 is 16.1 Å². The second-order valence-electron chi connectivity index (χ2n) is 7.05. The summed E-state index contributed by atoms with van der Waals surface area (Å²) in [5, 5.41) is 2.81. The van der Waals surface area contributed by atoms with Crippen molar-refractivity contribution >= 4 is 79.5 Å². The average molecular weight is 419 g/mol. The van der Waals surface area contributed by atoms with Gasteiger partial charge in [0.1, 0.15) is 0 Å². The van der Waals surface area contributed by atoms with E-state index in [-0.39, 0.29) is 63.6 Å². The van der Waals surface area contributed by atoms with E-state index in [1.807, 2.05) is 0 Å². The van der Waals surface area contributed by atoms with Gasteiger partial charge in [-0.25, -0.2) is 17.9 Å². The Kier molecular flexibility index (Phi) is 8.32. The molecule has 0 atom stereocenters. The van der Waals surface area contributed by atoms with Crippen molar-refractivity contribution in [3.05, 3.63) is 28.3 Å². The molecule has 2 aliphatic rings. The van der Waals surface area contributed by atoms with Gasteiger partial charge in [0.15, 0.2) is 0 Å². The first-order chi connectivity index (χ1) is 12.4. The number of anilines is 1. The summed E-state index contributed by atoms with van der Waals surface area (Å²) >= 11 is 0. The maximum absolute atomic E-state index is 12.3. The molecule has 2 N–H and O–H groups in total. The van der Waals surface area contributed by atoms with Gasteiger partial charge in [-0.15, -0.1) is 0 Å². The number of carbonyl (C=O) groups is 2. The molecule has 1 aromatic carbocycles. The molecule has 0 unspecified atom stereocenters. The van der Waals surface area contributed by atoms with Crippen molar-refractivity contribution < 1.29 is 18.0 Å². The van der Waals surface area contributed by atoms with Gasteiger partial charge in [-0.05, 0) is 67.2 Å². The number of hydrogen-bond acceptors (Lipinski definition) is 4. The van der Waals surface area contributed by atoms with Crippen LogP contribution >= 0.6 is 0 Å². The number of aryl methyl sites for hydroxylation is 2. The minimum atomic E-state index is -3.74. The Morgan fingerprint density at radius 2 is 1.74 bits per heavy atom. The molecule has 9 heteroatoms. The summed E-state index contributed by atoms with van der Waals surface area (Å²) in [6.45, 7) is 0.325. The molecule has 0 saturated carbocycles. The van der Waals surface area contributed by atoms with Crippen LogP contribution in [0.2, 0.25) is 0 Å². The minimum Gasteiger partial charge on any atom is -0.348 e. The minimum absolute atomic E-state index is 0. The Morgan fingerprint density at radius 1 is 1.15 bits per heavy atom. The van der Waals surface area contributed by atoms with Gasteiger partial charge >= 0.3 is 6.03 Å². The van der Waals surface area contributed by atoms with Crippen LogP contribution in [0.4, 0.5) is 10.5 Å². The zero-order chi connectivity index (χ0) is 18.7. The van der Waals surface area contributed by atoms with Crippen LogP contribution < -0.4 is 10.0 Å². The molecular weight excluding hydrogens is 393 g/mol. The topological polar surface area (TPSA) is 95.6 Å². The van der Waals surface area contributed by atoms with Gasteiger partial charge in [0.05, 0.1) is 5.75 Å². The normalized spacial score (nSPS) is 14.7. The molecule has 0 spiro atoms. The van der Waals surface area contributed by atoms with Crippen molar-refractivity contribution in [3.8, 4) is 0 Å². The third-order valence-corrected chi connectivity index (χ3v) is 6.39. The van der Waals surface area contributed by atoms with Gasteiger partial charge in [-0.3, -0.25) is 4.79 Å². The van der Waals surface area contributed by atoms with Gasteiger partial charge in [0.25, 0.3) is 0 Å².